The summed E-state index contributed by atoms with van der Waals surface area (Å²) in [4.78, 5) is 0. The lowest BCUT2D eigenvalue weighted by Crippen LogP contribution is -2.11. The lowest BCUT2D eigenvalue weighted by atomic mass is 10.1. The first-order valence-electron chi connectivity index (χ1n) is 5.25. The van der Waals surface area contributed by atoms with Gasteiger partial charge in [0.2, 0.25) is 5.13 Å². The lowest BCUT2D eigenvalue weighted by Gasteiger charge is -2.09. The Labute approximate surface area is 102 Å². The maximum absolute atomic E-state index is 9.36. The summed E-state index contributed by atoms with van der Waals surface area (Å²) in [6.45, 7) is 2.46. The molecule has 6 heteroatoms. The van der Waals surface area contributed by atoms with E-state index in [0.717, 1.165) is 21.5 Å². The maximum atomic E-state index is 9.36. The summed E-state index contributed by atoms with van der Waals surface area (Å²) in [6.07, 6.45) is 0. The zero-order valence-electron chi connectivity index (χ0n) is 9.17. The molecule has 0 fully saturated rings. The van der Waals surface area contributed by atoms with Crippen molar-refractivity contribution in [3.63, 3.8) is 0 Å². The highest BCUT2D eigenvalue weighted by Crippen LogP contribution is 2.36. The fourth-order valence-corrected chi connectivity index (χ4v) is 2.47. The highest BCUT2D eigenvalue weighted by atomic mass is 32.1. The second-order valence-corrected chi connectivity index (χ2v) is 5.04. The van der Waals surface area contributed by atoms with Gasteiger partial charge >= 0.3 is 0 Å². The fourth-order valence-electron chi connectivity index (χ4n) is 1.82. The highest BCUT2D eigenvalue weighted by molar-refractivity contribution is 7.15. The number of nitrogens with one attached hydrogen (secondary N) is 1. The van der Waals surface area contributed by atoms with E-state index in [2.05, 4.69) is 15.5 Å². The lowest BCUT2D eigenvalue weighted by molar-refractivity contribution is 0.338. The van der Waals surface area contributed by atoms with E-state index in [1.807, 2.05) is 13.0 Å². The van der Waals surface area contributed by atoms with Crippen LogP contribution in [0.1, 0.15) is 16.6 Å². The third-order valence-electron chi connectivity index (χ3n) is 2.60. The van der Waals surface area contributed by atoms with E-state index in [1.54, 1.807) is 12.1 Å². The van der Waals surface area contributed by atoms with Crippen LogP contribution in [0.15, 0.2) is 18.2 Å². The molecular formula is C11H11N3O2S. The van der Waals surface area contributed by atoms with Gasteiger partial charge < -0.3 is 15.2 Å². The van der Waals surface area contributed by atoms with Crippen LogP contribution in [0, 0.1) is 6.92 Å². The average molecular weight is 249 g/mol. The van der Waals surface area contributed by atoms with Gasteiger partial charge in [-0.3, -0.25) is 0 Å². The van der Waals surface area contributed by atoms with Gasteiger partial charge in [0.05, 0.1) is 6.04 Å². The Kier molecular flexibility index (Phi) is 2.36. The molecule has 17 heavy (non-hydrogen) atoms. The molecule has 0 saturated heterocycles. The number of fused-ring (bicyclic) bond motifs is 1. The molecule has 0 aliphatic carbocycles. The quantitative estimate of drug-likeness (QED) is 0.853. The Morgan fingerprint density at radius 3 is 3.12 bits per heavy atom. The molecule has 1 atom stereocenters. The summed E-state index contributed by atoms with van der Waals surface area (Å²) in [7, 11) is 0. The van der Waals surface area contributed by atoms with Gasteiger partial charge in [0.1, 0.15) is 23.1 Å². The van der Waals surface area contributed by atoms with Crippen molar-refractivity contribution in [1.29, 1.82) is 0 Å². The maximum Gasteiger partial charge on any atom is 0.206 e. The zero-order valence-corrected chi connectivity index (χ0v) is 9.99. The number of hydrogen-bond acceptors (Lipinski definition) is 6. The van der Waals surface area contributed by atoms with Crippen molar-refractivity contribution in [1.82, 2.24) is 10.2 Å². The number of hydrogen-bond donors (Lipinski definition) is 2. The zero-order chi connectivity index (χ0) is 11.8. The predicted molar refractivity (Wildman–Crippen MR) is 64.6 cm³/mol. The number of phenolic OH excluding ortho intramolecular Hbond substituents is 1. The van der Waals surface area contributed by atoms with Crippen LogP contribution in [0.2, 0.25) is 0 Å². The number of anilines is 1. The molecule has 2 heterocycles. The number of benzene rings is 1. The molecule has 0 bridgehead atoms. The molecule has 0 saturated carbocycles. The normalized spacial score (nSPS) is 17.6. The van der Waals surface area contributed by atoms with Gasteiger partial charge in [-0.2, -0.15) is 0 Å². The van der Waals surface area contributed by atoms with Gasteiger partial charge in [-0.25, -0.2) is 0 Å². The van der Waals surface area contributed by atoms with Crippen molar-refractivity contribution in [2.24, 2.45) is 0 Å². The Hall–Kier alpha value is -1.82. The van der Waals surface area contributed by atoms with E-state index in [9.17, 15) is 5.11 Å². The first kappa shape index (κ1) is 10.3. The van der Waals surface area contributed by atoms with Crippen LogP contribution in [0.3, 0.4) is 0 Å². The molecule has 5 nitrogen and oxygen atoms in total. The number of aromatic nitrogens is 2. The smallest absolute Gasteiger partial charge is 0.206 e. The number of rotatable bonds is 2. The van der Waals surface area contributed by atoms with Crippen molar-refractivity contribution in [2.45, 2.75) is 13.0 Å². The van der Waals surface area contributed by atoms with Crippen LogP contribution in [0.25, 0.3) is 0 Å². The van der Waals surface area contributed by atoms with Crippen LogP contribution in [-0.2, 0) is 0 Å². The van der Waals surface area contributed by atoms with Gasteiger partial charge in [-0.15, -0.1) is 10.2 Å². The fraction of sp³-hybridized carbons (Fsp3) is 0.273. The Morgan fingerprint density at radius 2 is 2.35 bits per heavy atom. The van der Waals surface area contributed by atoms with Crippen LogP contribution >= 0.6 is 11.3 Å². The summed E-state index contributed by atoms with van der Waals surface area (Å²) in [5.74, 6) is 0.944. The van der Waals surface area contributed by atoms with Gasteiger partial charge in [0.15, 0.2) is 0 Å². The second-order valence-electron chi connectivity index (χ2n) is 3.86. The van der Waals surface area contributed by atoms with Gasteiger partial charge in [0, 0.05) is 11.6 Å². The van der Waals surface area contributed by atoms with Crippen LogP contribution in [0.4, 0.5) is 5.13 Å². The Bertz CT molecular complexity index is 555. The molecule has 2 aromatic rings. The SMILES string of the molecule is Cc1nnc(NC2COc3cc(O)ccc32)s1. The van der Waals surface area contributed by atoms with Gasteiger partial charge in [0.25, 0.3) is 0 Å². The molecule has 1 aromatic heterocycles. The molecule has 0 spiro atoms. The molecule has 3 rings (SSSR count). The Morgan fingerprint density at radius 1 is 1.47 bits per heavy atom. The minimum Gasteiger partial charge on any atom is -0.508 e. The Balaban J connectivity index is 1.84. The topological polar surface area (TPSA) is 67.3 Å². The first-order valence-corrected chi connectivity index (χ1v) is 6.06. The molecule has 1 aliphatic rings. The van der Waals surface area contributed by atoms with E-state index < -0.39 is 0 Å². The van der Waals surface area contributed by atoms with Crippen molar-refractivity contribution in [3.05, 3.63) is 28.8 Å². The summed E-state index contributed by atoms with van der Waals surface area (Å²) in [5.41, 5.74) is 1.04. The minimum atomic E-state index is 0.0675. The number of nitrogens with zero attached hydrogens (tertiary/aromatic N) is 2. The first-order chi connectivity index (χ1) is 8.22. The number of aromatic hydroxyl groups is 1. The van der Waals surface area contributed by atoms with Crippen molar-refractivity contribution < 1.29 is 9.84 Å². The van der Waals surface area contributed by atoms with Crippen molar-refractivity contribution in [2.75, 3.05) is 11.9 Å². The van der Waals surface area contributed by atoms with Crippen molar-refractivity contribution in [3.8, 4) is 11.5 Å². The second kappa shape index (κ2) is 3.89. The summed E-state index contributed by atoms with van der Waals surface area (Å²) >= 11 is 1.51. The third-order valence-corrected chi connectivity index (χ3v) is 3.37. The number of aryl methyl sites for hydroxylation is 1. The molecule has 1 unspecified atom stereocenters. The van der Waals surface area contributed by atoms with Crippen LogP contribution in [-0.4, -0.2) is 21.9 Å². The molecule has 88 valence electrons. The molecule has 2 N–H and O–H groups in total. The van der Waals surface area contributed by atoms with Crippen LogP contribution in [0.5, 0.6) is 11.5 Å². The van der Waals surface area contributed by atoms with E-state index >= 15 is 0 Å². The van der Waals surface area contributed by atoms with E-state index in [-0.39, 0.29) is 11.8 Å². The minimum absolute atomic E-state index is 0.0675. The standard InChI is InChI=1S/C11H11N3O2S/c1-6-13-14-11(17-6)12-9-5-16-10-4-7(15)2-3-8(9)10/h2-4,9,15H,5H2,1H3,(H,12,14). The van der Waals surface area contributed by atoms with E-state index in [4.69, 9.17) is 4.74 Å². The van der Waals surface area contributed by atoms with Gasteiger partial charge in [-0.05, 0) is 19.1 Å². The molecule has 0 amide bonds. The molecular weight excluding hydrogens is 238 g/mol. The average Bonchev–Trinajstić information content (AvgIpc) is 2.86. The monoisotopic (exact) mass is 249 g/mol. The summed E-state index contributed by atoms with van der Waals surface area (Å²) in [5, 5.41) is 22.3. The largest absolute Gasteiger partial charge is 0.508 e. The number of ether oxygens (including phenoxy) is 1. The molecule has 1 aliphatic heterocycles. The number of phenols is 1. The van der Waals surface area contributed by atoms with Crippen LogP contribution < -0.4 is 10.1 Å². The highest BCUT2D eigenvalue weighted by Gasteiger charge is 2.25. The predicted octanol–water partition coefficient (Wildman–Crippen LogP) is 2.10. The third kappa shape index (κ3) is 1.91. The van der Waals surface area contributed by atoms with Crippen molar-refractivity contribution >= 4 is 16.5 Å². The molecule has 0 radical (unpaired) electrons. The van der Waals surface area contributed by atoms with E-state index in [1.165, 1.54) is 11.3 Å². The van der Waals surface area contributed by atoms with Gasteiger partial charge in [-0.1, -0.05) is 11.3 Å². The molecule has 1 aromatic carbocycles. The summed E-state index contributed by atoms with van der Waals surface area (Å²) in [6, 6.07) is 5.22. The van der Waals surface area contributed by atoms with E-state index in [0.29, 0.717) is 6.61 Å². The summed E-state index contributed by atoms with van der Waals surface area (Å²) < 4.78 is 5.50.